The summed E-state index contributed by atoms with van der Waals surface area (Å²) in [6, 6.07) is 5.39. The molecule has 2 rings (SSSR count). The Morgan fingerprint density at radius 1 is 1.19 bits per heavy atom. The molecular weight excluding hydrogens is 350 g/mol. The van der Waals surface area contributed by atoms with Crippen LogP contribution in [0.1, 0.15) is 31.9 Å². The van der Waals surface area contributed by atoms with E-state index in [4.69, 9.17) is 9.47 Å². The molecule has 0 radical (unpaired) electrons. The van der Waals surface area contributed by atoms with Crippen LogP contribution in [0, 0.1) is 5.92 Å². The van der Waals surface area contributed by atoms with E-state index in [-0.39, 0.29) is 25.5 Å². The Morgan fingerprint density at radius 2 is 1.85 bits per heavy atom. The third kappa shape index (κ3) is 5.54. The maximum Gasteiger partial charge on any atom is 0.320 e. The number of amidine groups is 1. The second-order valence-corrected chi connectivity index (χ2v) is 5.97. The molecule has 1 heterocycles. The molecule has 1 aliphatic heterocycles. The summed E-state index contributed by atoms with van der Waals surface area (Å²) in [4.78, 5) is 40.5. The predicted octanol–water partition coefficient (Wildman–Crippen LogP) is 1.28. The molecule has 0 bridgehead atoms. The number of nitrogens with one attached hydrogen (secondary N) is 2. The summed E-state index contributed by atoms with van der Waals surface area (Å²) < 4.78 is 10.0. The molecule has 0 aliphatic carbocycles. The van der Waals surface area contributed by atoms with Crippen LogP contribution in [0.15, 0.2) is 23.2 Å². The molecule has 8 nitrogen and oxygen atoms in total. The molecule has 8 heteroatoms. The van der Waals surface area contributed by atoms with Crippen molar-refractivity contribution in [1.29, 1.82) is 0 Å². The van der Waals surface area contributed by atoms with E-state index in [2.05, 4.69) is 15.6 Å². The summed E-state index contributed by atoms with van der Waals surface area (Å²) in [5.74, 6) is -1.88. The largest absolute Gasteiger partial charge is 0.465 e. The van der Waals surface area contributed by atoms with Gasteiger partial charge in [-0.3, -0.25) is 19.4 Å². The molecule has 27 heavy (non-hydrogen) atoms. The molecule has 1 aromatic rings. The van der Waals surface area contributed by atoms with Crippen molar-refractivity contribution >= 4 is 29.4 Å². The minimum atomic E-state index is -1.09. The van der Waals surface area contributed by atoms with Gasteiger partial charge in [-0.25, -0.2) is 0 Å². The van der Waals surface area contributed by atoms with Crippen LogP contribution in [0.5, 0.6) is 0 Å². The zero-order chi connectivity index (χ0) is 19.8. The number of amides is 1. The van der Waals surface area contributed by atoms with E-state index in [1.165, 1.54) is 6.92 Å². The standard InChI is InChI=1S/C19H25N3O5/c1-4-26-18(24)15(19(25)27-5-2)10-13-6-7-14(17-20-8-9-21-17)11-16(13)22-12(3)23/h6-7,11,15H,4-5,8-10H2,1-3H3,(H,20,21)(H,22,23). The van der Waals surface area contributed by atoms with Gasteiger partial charge < -0.3 is 20.1 Å². The van der Waals surface area contributed by atoms with E-state index in [1.54, 1.807) is 26.0 Å². The van der Waals surface area contributed by atoms with Crippen molar-refractivity contribution in [3.63, 3.8) is 0 Å². The molecule has 2 N–H and O–H groups in total. The van der Waals surface area contributed by atoms with Crippen molar-refractivity contribution in [2.24, 2.45) is 10.9 Å². The highest BCUT2D eigenvalue weighted by Crippen LogP contribution is 2.23. The van der Waals surface area contributed by atoms with Crippen molar-refractivity contribution in [3.05, 3.63) is 29.3 Å². The number of rotatable bonds is 8. The fourth-order valence-electron chi connectivity index (χ4n) is 2.77. The number of hydrogen-bond donors (Lipinski definition) is 2. The van der Waals surface area contributed by atoms with Crippen LogP contribution in [-0.4, -0.2) is 50.0 Å². The average Bonchev–Trinajstić information content (AvgIpc) is 3.15. The Hall–Kier alpha value is -2.90. The molecule has 1 amide bonds. The van der Waals surface area contributed by atoms with Crippen molar-refractivity contribution in [1.82, 2.24) is 5.32 Å². The van der Waals surface area contributed by atoms with E-state index < -0.39 is 17.9 Å². The summed E-state index contributed by atoms with van der Waals surface area (Å²) in [5.41, 5.74) is 1.98. The Balaban J connectivity index is 2.33. The van der Waals surface area contributed by atoms with Crippen LogP contribution in [0.2, 0.25) is 0 Å². The monoisotopic (exact) mass is 375 g/mol. The Labute approximate surface area is 158 Å². The molecule has 0 saturated heterocycles. The fourth-order valence-corrected chi connectivity index (χ4v) is 2.77. The number of esters is 2. The fraction of sp³-hybridized carbons (Fsp3) is 0.474. The first-order chi connectivity index (χ1) is 13.0. The third-order valence-electron chi connectivity index (χ3n) is 3.93. The van der Waals surface area contributed by atoms with Crippen molar-refractivity contribution < 1.29 is 23.9 Å². The van der Waals surface area contributed by atoms with E-state index in [0.717, 1.165) is 17.9 Å². The van der Waals surface area contributed by atoms with Crippen LogP contribution < -0.4 is 10.6 Å². The van der Waals surface area contributed by atoms with Crippen molar-refractivity contribution in [2.45, 2.75) is 27.2 Å². The lowest BCUT2D eigenvalue weighted by molar-refractivity contribution is -0.161. The van der Waals surface area contributed by atoms with Crippen LogP contribution >= 0.6 is 0 Å². The van der Waals surface area contributed by atoms with Gasteiger partial charge in [0.25, 0.3) is 0 Å². The summed E-state index contributed by atoms with van der Waals surface area (Å²) >= 11 is 0. The van der Waals surface area contributed by atoms with Gasteiger partial charge in [-0.15, -0.1) is 0 Å². The number of anilines is 1. The molecule has 0 fully saturated rings. The first-order valence-corrected chi connectivity index (χ1v) is 8.98. The quantitative estimate of drug-likeness (QED) is 0.524. The van der Waals surface area contributed by atoms with Crippen LogP contribution in [0.4, 0.5) is 5.69 Å². The molecule has 1 aliphatic rings. The maximum absolute atomic E-state index is 12.2. The van der Waals surface area contributed by atoms with Crippen LogP contribution in [0.25, 0.3) is 0 Å². The lowest BCUT2D eigenvalue weighted by Crippen LogP contribution is -2.30. The number of ether oxygens (including phenoxy) is 2. The zero-order valence-corrected chi connectivity index (χ0v) is 15.8. The molecule has 1 aromatic carbocycles. The SMILES string of the molecule is CCOC(=O)C(Cc1ccc(C2=NCCN2)cc1NC(C)=O)C(=O)OCC. The number of carbonyl (C=O) groups is 3. The van der Waals surface area contributed by atoms with Gasteiger partial charge in [-0.2, -0.15) is 0 Å². The topological polar surface area (TPSA) is 106 Å². The van der Waals surface area contributed by atoms with Crippen molar-refractivity contribution in [2.75, 3.05) is 31.6 Å². The minimum absolute atomic E-state index is 0.0630. The lowest BCUT2D eigenvalue weighted by Gasteiger charge is -2.17. The maximum atomic E-state index is 12.2. The Bertz CT molecular complexity index is 727. The highest BCUT2D eigenvalue weighted by atomic mass is 16.6. The van der Waals surface area contributed by atoms with Crippen LogP contribution in [0.3, 0.4) is 0 Å². The van der Waals surface area contributed by atoms with Gasteiger partial charge in [0.2, 0.25) is 5.91 Å². The van der Waals surface area contributed by atoms with Gasteiger partial charge in [0.15, 0.2) is 5.92 Å². The molecule has 0 aromatic heterocycles. The van der Waals surface area contributed by atoms with E-state index in [1.807, 2.05) is 6.07 Å². The molecule has 146 valence electrons. The third-order valence-corrected chi connectivity index (χ3v) is 3.93. The van der Waals surface area contributed by atoms with E-state index in [0.29, 0.717) is 17.8 Å². The number of carbonyl (C=O) groups excluding carboxylic acids is 3. The van der Waals surface area contributed by atoms with Gasteiger partial charge in [0, 0.05) is 24.7 Å². The van der Waals surface area contributed by atoms with Gasteiger partial charge in [-0.1, -0.05) is 12.1 Å². The minimum Gasteiger partial charge on any atom is -0.465 e. The second kappa shape index (κ2) is 9.70. The van der Waals surface area contributed by atoms with Gasteiger partial charge >= 0.3 is 11.9 Å². The molecular formula is C19H25N3O5. The molecule has 0 spiro atoms. The normalized spacial score (nSPS) is 13.0. The summed E-state index contributed by atoms with van der Waals surface area (Å²) in [6.07, 6.45) is 0.0630. The first-order valence-electron chi connectivity index (χ1n) is 8.98. The second-order valence-electron chi connectivity index (χ2n) is 5.97. The molecule has 0 saturated carbocycles. The number of hydrogen-bond acceptors (Lipinski definition) is 7. The number of nitrogens with zero attached hydrogens (tertiary/aromatic N) is 1. The Morgan fingerprint density at radius 3 is 2.37 bits per heavy atom. The van der Waals surface area contributed by atoms with E-state index >= 15 is 0 Å². The number of benzene rings is 1. The summed E-state index contributed by atoms with van der Waals surface area (Å²) in [5, 5.41) is 5.93. The molecule has 0 atom stereocenters. The van der Waals surface area contributed by atoms with Crippen molar-refractivity contribution in [3.8, 4) is 0 Å². The summed E-state index contributed by atoms with van der Waals surface area (Å²) in [6.45, 7) is 6.53. The zero-order valence-electron chi connectivity index (χ0n) is 15.8. The molecule has 0 unspecified atom stereocenters. The predicted molar refractivity (Wildman–Crippen MR) is 101 cm³/mol. The number of aliphatic imine (C=N–C) groups is 1. The van der Waals surface area contributed by atoms with Gasteiger partial charge in [0.1, 0.15) is 5.84 Å². The average molecular weight is 375 g/mol. The smallest absolute Gasteiger partial charge is 0.320 e. The van der Waals surface area contributed by atoms with Gasteiger partial charge in [0.05, 0.1) is 19.8 Å². The lowest BCUT2D eigenvalue weighted by atomic mass is 9.96. The first kappa shape index (κ1) is 20.4. The Kier molecular flexibility index (Phi) is 7.34. The van der Waals surface area contributed by atoms with Crippen LogP contribution in [-0.2, 0) is 30.3 Å². The van der Waals surface area contributed by atoms with Gasteiger partial charge in [-0.05, 0) is 31.9 Å². The highest BCUT2D eigenvalue weighted by molar-refractivity contribution is 6.02. The summed E-state index contributed by atoms with van der Waals surface area (Å²) in [7, 11) is 0. The van der Waals surface area contributed by atoms with E-state index in [9.17, 15) is 14.4 Å². The highest BCUT2D eigenvalue weighted by Gasteiger charge is 2.30.